The van der Waals surface area contributed by atoms with E-state index in [-0.39, 0.29) is 18.2 Å². The lowest BCUT2D eigenvalue weighted by Crippen LogP contribution is -2.34. The van der Waals surface area contributed by atoms with Crippen molar-refractivity contribution in [2.75, 3.05) is 25.6 Å². The van der Waals surface area contributed by atoms with Crippen molar-refractivity contribution < 1.29 is 14.3 Å². The van der Waals surface area contributed by atoms with Gasteiger partial charge in [0.1, 0.15) is 5.25 Å². The van der Waals surface area contributed by atoms with Crippen molar-refractivity contribution in [1.29, 1.82) is 0 Å². The number of hydrogen-bond acceptors (Lipinski definition) is 5. The highest BCUT2D eigenvalue weighted by Gasteiger charge is 2.39. The molecule has 3 rings (SSSR count). The van der Waals surface area contributed by atoms with Crippen LogP contribution in [0.2, 0.25) is 0 Å². The summed E-state index contributed by atoms with van der Waals surface area (Å²) in [5.41, 5.74) is 5.85. The summed E-state index contributed by atoms with van der Waals surface area (Å²) in [5.74, 6) is -0.249. The first-order valence-corrected chi connectivity index (χ1v) is 11.7. The molecule has 2 aromatic rings. The minimum absolute atomic E-state index is 0.0775. The number of rotatable bonds is 8. The monoisotopic (exact) mass is 453 g/mol. The van der Waals surface area contributed by atoms with Crippen LogP contribution < -0.4 is 5.32 Å². The van der Waals surface area contributed by atoms with Gasteiger partial charge >= 0.3 is 0 Å². The number of anilines is 1. The van der Waals surface area contributed by atoms with E-state index in [4.69, 9.17) is 9.73 Å². The zero-order valence-electron chi connectivity index (χ0n) is 19.4. The van der Waals surface area contributed by atoms with Crippen molar-refractivity contribution in [3.05, 3.63) is 58.7 Å². The number of amides is 2. The van der Waals surface area contributed by atoms with E-state index in [1.165, 1.54) is 11.8 Å². The lowest BCUT2D eigenvalue weighted by molar-refractivity contribution is -0.128. The Morgan fingerprint density at radius 1 is 1.09 bits per heavy atom. The number of nitrogens with zero attached hydrogens (tertiary/aromatic N) is 2. The molecule has 1 N–H and O–H groups in total. The summed E-state index contributed by atoms with van der Waals surface area (Å²) in [5, 5.41) is 3.11. The molecule has 0 unspecified atom stereocenters. The van der Waals surface area contributed by atoms with E-state index in [0.29, 0.717) is 24.7 Å². The van der Waals surface area contributed by atoms with Gasteiger partial charge in [-0.3, -0.25) is 14.5 Å². The Balaban J connectivity index is 1.78. The van der Waals surface area contributed by atoms with E-state index in [1.54, 1.807) is 12.0 Å². The highest BCUT2D eigenvalue weighted by Crippen LogP contribution is 2.33. The molecule has 7 heteroatoms. The van der Waals surface area contributed by atoms with E-state index in [1.807, 2.05) is 64.1 Å². The molecule has 0 spiro atoms. The Morgan fingerprint density at radius 3 is 2.50 bits per heavy atom. The molecular formula is C25H31N3O3S. The molecule has 1 aliphatic heterocycles. The molecule has 0 saturated carbocycles. The molecule has 0 bridgehead atoms. The van der Waals surface area contributed by atoms with Gasteiger partial charge in [0.05, 0.1) is 5.69 Å². The second kappa shape index (κ2) is 10.8. The molecule has 170 valence electrons. The molecule has 1 heterocycles. The maximum atomic E-state index is 13.2. The van der Waals surface area contributed by atoms with Gasteiger partial charge < -0.3 is 10.1 Å². The average Bonchev–Trinajstić information content (AvgIpc) is 3.02. The summed E-state index contributed by atoms with van der Waals surface area (Å²) < 4.78 is 5.16. The summed E-state index contributed by atoms with van der Waals surface area (Å²) in [6.45, 7) is 9.04. The van der Waals surface area contributed by atoms with E-state index < -0.39 is 5.25 Å². The van der Waals surface area contributed by atoms with Crippen LogP contribution in [0.5, 0.6) is 0 Å². The largest absolute Gasteiger partial charge is 0.385 e. The number of methoxy groups -OCH3 is 1. The third kappa shape index (κ3) is 5.99. The van der Waals surface area contributed by atoms with Crippen LogP contribution in [0.4, 0.5) is 11.4 Å². The Morgan fingerprint density at radius 2 is 1.78 bits per heavy atom. The Hall–Kier alpha value is -2.64. The van der Waals surface area contributed by atoms with Gasteiger partial charge in [-0.2, -0.15) is 0 Å². The molecule has 1 aliphatic rings. The molecule has 1 saturated heterocycles. The van der Waals surface area contributed by atoms with Crippen LogP contribution in [0.3, 0.4) is 0 Å². The fraction of sp³-hybridized carbons (Fsp3) is 0.400. The summed E-state index contributed by atoms with van der Waals surface area (Å²) in [4.78, 5) is 32.4. The van der Waals surface area contributed by atoms with Crippen LogP contribution in [-0.2, 0) is 14.3 Å². The van der Waals surface area contributed by atoms with Crippen molar-refractivity contribution in [1.82, 2.24) is 4.90 Å². The first-order chi connectivity index (χ1) is 15.3. The first kappa shape index (κ1) is 24.0. The highest BCUT2D eigenvalue weighted by molar-refractivity contribution is 8.15. The summed E-state index contributed by atoms with van der Waals surface area (Å²) in [6.07, 6.45) is 0.805. The smallest absolute Gasteiger partial charge is 0.242 e. The fourth-order valence-electron chi connectivity index (χ4n) is 3.48. The van der Waals surface area contributed by atoms with E-state index in [0.717, 1.165) is 33.6 Å². The molecule has 6 nitrogen and oxygen atoms in total. The molecule has 1 atom stereocenters. The van der Waals surface area contributed by atoms with Crippen molar-refractivity contribution >= 4 is 40.1 Å². The summed E-state index contributed by atoms with van der Waals surface area (Å²) >= 11 is 1.37. The molecular weight excluding hydrogens is 422 g/mol. The number of carbonyl (C=O) groups excluding carboxylic acids is 2. The van der Waals surface area contributed by atoms with Crippen LogP contribution in [-0.4, -0.2) is 47.4 Å². The third-order valence-corrected chi connectivity index (χ3v) is 6.54. The number of amidine groups is 1. The maximum Gasteiger partial charge on any atom is 0.242 e. The van der Waals surface area contributed by atoms with Crippen LogP contribution in [0.25, 0.3) is 0 Å². The van der Waals surface area contributed by atoms with Gasteiger partial charge in [-0.05, 0) is 68.5 Å². The number of thioether (sulfide) groups is 1. The van der Waals surface area contributed by atoms with Crippen LogP contribution in [0.15, 0.2) is 41.4 Å². The molecule has 0 aromatic heterocycles. The minimum atomic E-state index is -0.494. The quantitative estimate of drug-likeness (QED) is 0.576. The predicted molar refractivity (Wildman–Crippen MR) is 132 cm³/mol. The number of ether oxygens (including phenoxy) is 1. The van der Waals surface area contributed by atoms with Gasteiger partial charge in [-0.1, -0.05) is 36.0 Å². The van der Waals surface area contributed by atoms with Crippen molar-refractivity contribution in [3.8, 4) is 0 Å². The summed E-state index contributed by atoms with van der Waals surface area (Å²) in [7, 11) is 1.64. The molecule has 0 aliphatic carbocycles. The fourth-order valence-corrected chi connectivity index (χ4v) is 4.66. The van der Waals surface area contributed by atoms with Gasteiger partial charge in [0.15, 0.2) is 5.17 Å². The Kier molecular flexibility index (Phi) is 8.10. The van der Waals surface area contributed by atoms with Crippen LogP contribution in [0.1, 0.15) is 35.1 Å². The van der Waals surface area contributed by atoms with E-state index in [2.05, 4.69) is 5.32 Å². The summed E-state index contributed by atoms with van der Waals surface area (Å²) in [6, 6.07) is 12.0. The number of carbonyl (C=O) groups is 2. The highest BCUT2D eigenvalue weighted by atomic mass is 32.2. The van der Waals surface area contributed by atoms with Gasteiger partial charge in [-0.15, -0.1) is 0 Å². The second-order valence-electron chi connectivity index (χ2n) is 8.20. The number of benzene rings is 2. The van der Waals surface area contributed by atoms with Gasteiger partial charge in [0.2, 0.25) is 11.8 Å². The number of nitrogens with one attached hydrogen (secondary N) is 1. The Bertz CT molecular complexity index is 1040. The zero-order valence-corrected chi connectivity index (χ0v) is 20.2. The molecule has 32 heavy (non-hydrogen) atoms. The third-order valence-electron chi connectivity index (χ3n) is 5.37. The lowest BCUT2D eigenvalue weighted by Gasteiger charge is -2.16. The van der Waals surface area contributed by atoms with Gasteiger partial charge in [0.25, 0.3) is 0 Å². The zero-order chi connectivity index (χ0) is 23.3. The van der Waals surface area contributed by atoms with Crippen molar-refractivity contribution in [2.45, 2.75) is 45.8 Å². The van der Waals surface area contributed by atoms with Crippen molar-refractivity contribution in [3.63, 3.8) is 0 Å². The lowest BCUT2D eigenvalue weighted by atomic mass is 10.1. The van der Waals surface area contributed by atoms with Crippen molar-refractivity contribution in [2.24, 2.45) is 4.99 Å². The van der Waals surface area contributed by atoms with Crippen LogP contribution in [0, 0.1) is 27.7 Å². The average molecular weight is 454 g/mol. The van der Waals surface area contributed by atoms with Gasteiger partial charge in [0, 0.05) is 32.4 Å². The number of aliphatic imine (C=N–C) groups is 1. The second-order valence-corrected chi connectivity index (χ2v) is 9.37. The minimum Gasteiger partial charge on any atom is -0.385 e. The van der Waals surface area contributed by atoms with Crippen LogP contribution >= 0.6 is 11.8 Å². The van der Waals surface area contributed by atoms with E-state index in [9.17, 15) is 9.59 Å². The first-order valence-electron chi connectivity index (χ1n) is 10.8. The number of aryl methyl sites for hydroxylation is 4. The van der Waals surface area contributed by atoms with Gasteiger partial charge in [-0.25, -0.2) is 4.99 Å². The topological polar surface area (TPSA) is 71.0 Å². The normalized spacial score (nSPS) is 17.3. The van der Waals surface area contributed by atoms with E-state index >= 15 is 0 Å². The number of hydrogen-bond donors (Lipinski definition) is 1. The standard InChI is InChI=1S/C25H31N3O3S/c1-16-7-9-18(3)20(13-16)26-23(29)15-22-24(30)28(11-6-12-31-5)25(32-22)27-21-14-17(2)8-10-19(21)4/h7-10,13-14,22H,6,11-12,15H2,1-5H3,(H,26,29)/t22-/m0/s1. The molecule has 2 amide bonds. The molecule has 0 radical (unpaired) electrons. The SMILES string of the molecule is COCCCN1C(=O)[C@H](CC(=O)Nc2cc(C)ccc2C)SC1=Nc1cc(C)ccc1C. The predicted octanol–water partition coefficient (Wildman–Crippen LogP) is 4.92. The Labute approximate surface area is 194 Å². The maximum absolute atomic E-state index is 13.2. The molecule has 1 fully saturated rings. The molecule has 2 aromatic carbocycles.